The highest BCUT2D eigenvalue weighted by Crippen LogP contribution is 2.42. The van der Waals surface area contributed by atoms with Crippen molar-refractivity contribution >= 4 is 23.2 Å². The van der Waals surface area contributed by atoms with Gasteiger partial charge >= 0.3 is 0 Å². The molecule has 3 heterocycles. The highest BCUT2D eigenvalue weighted by Gasteiger charge is 2.43. The lowest BCUT2D eigenvalue weighted by Gasteiger charge is -2.35. The van der Waals surface area contributed by atoms with Gasteiger partial charge in [0.25, 0.3) is 0 Å². The predicted molar refractivity (Wildman–Crippen MR) is 123 cm³/mol. The van der Waals surface area contributed by atoms with Gasteiger partial charge in [0.1, 0.15) is 16.7 Å². The number of hydrogen-bond acceptors (Lipinski definition) is 8. The Labute approximate surface area is 197 Å². The van der Waals surface area contributed by atoms with Crippen LogP contribution in [0.3, 0.4) is 0 Å². The van der Waals surface area contributed by atoms with E-state index in [1.807, 2.05) is 25.1 Å². The zero-order valence-electron chi connectivity index (χ0n) is 19.1. The number of fused-ring (bicyclic) bond motifs is 1. The average Bonchev–Trinajstić information content (AvgIpc) is 3.48. The third-order valence-corrected chi connectivity index (χ3v) is 6.82. The van der Waals surface area contributed by atoms with Crippen LogP contribution in [0.1, 0.15) is 48.6 Å². The van der Waals surface area contributed by atoms with Crippen LogP contribution in [-0.4, -0.2) is 52.8 Å². The second-order valence-corrected chi connectivity index (χ2v) is 8.85. The number of rotatable bonds is 6. The maximum Gasteiger partial charge on any atom is 0.227 e. The van der Waals surface area contributed by atoms with Crippen LogP contribution in [0.25, 0.3) is 5.65 Å². The van der Waals surface area contributed by atoms with Crippen molar-refractivity contribution in [3.8, 4) is 11.5 Å². The normalized spacial score (nSPS) is 19.8. The van der Waals surface area contributed by atoms with Crippen LogP contribution in [0.4, 0.5) is 5.95 Å². The molecular formula is C23H28ClN5O4. The molecule has 0 bridgehead atoms. The number of halogens is 1. The largest absolute Gasteiger partial charge is 0.497 e. The van der Waals surface area contributed by atoms with Gasteiger partial charge in [0.05, 0.1) is 27.4 Å². The molecule has 1 spiro atoms. The van der Waals surface area contributed by atoms with Crippen molar-refractivity contribution in [2.75, 3.05) is 32.8 Å². The number of methoxy groups -OCH3 is 2. The van der Waals surface area contributed by atoms with Crippen LogP contribution in [-0.2, 0) is 16.0 Å². The first-order valence-electron chi connectivity index (χ1n) is 11.2. The van der Waals surface area contributed by atoms with Gasteiger partial charge in [0, 0.05) is 42.5 Å². The van der Waals surface area contributed by atoms with Gasteiger partial charge in [-0.3, -0.25) is 0 Å². The van der Waals surface area contributed by atoms with Crippen LogP contribution >= 0.6 is 11.6 Å². The number of aryl methyl sites for hydroxylation is 1. The van der Waals surface area contributed by atoms with E-state index in [1.165, 1.54) is 0 Å². The first-order valence-corrected chi connectivity index (χ1v) is 11.5. The van der Waals surface area contributed by atoms with Gasteiger partial charge < -0.3 is 24.3 Å². The molecule has 2 fully saturated rings. The number of aromatic nitrogens is 4. The van der Waals surface area contributed by atoms with Gasteiger partial charge in [0.2, 0.25) is 5.95 Å². The Bertz CT molecular complexity index is 1160. The minimum atomic E-state index is -0.489. The van der Waals surface area contributed by atoms with Crippen molar-refractivity contribution in [1.29, 1.82) is 0 Å². The fraction of sp³-hybridized carbons (Fsp3) is 0.522. The van der Waals surface area contributed by atoms with E-state index in [2.05, 4.69) is 10.3 Å². The number of benzene rings is 1. The lowest BCUT2D eigenvalue weighted by atomic mass is 9.84. The lowest BCUT2D eigenvalue weighted by Crippen LogP contribution is -2.35. The summed E-state index contributed by atoms with van der Waals surface area (Å²) in [7, 11) is 3.26. The maximum absolute atomic E-state index is 6.45. The second-order valence-electron chi connectivity index (χ2n) is 8.49. The molecule has 9 nitrogen and oxygen atoms in total. The Balaban J connectivity index is 1.44. The third kappa shape index (κ3) is 4.20. The maximum atomic E-state index is 6.45. The molecule has 0 radical (unpaired) electrons. The fourth-order valence-electron chi connectivity index (χ4n) is 4.67. The molecular weight excluding hydrogens is 446 g/mol. The molecule has 1 aliphatic carbocycles. The SMILES string of the molecule is COc1ccc(CNc2nc(Cl)c(C)c3nc(C4CCCC5(C4)OCCO5)nn23)c(OC)c1. The summed E-state index contributed by atoms with van der Waals surface area (Å²) in [5.74, 6) is 2.42. The van der Waals surface area contributed by atoms with Gasteiger partial charge in [-0.05, 0) is 31.9 Å². The minimum absolute atomic E-state index is 0.157. The Kier molecular flexibility index (Phi) is 6.03. The molecule has 2 aromatic heterocycles. The molecule has 0 amide bonds. The van der Waals surface area contributed by atoms with Gasteiger partial charge in [-0.25, -0.2) is 9.97 Å². The first-order chi connectivity index (χ1) is 16.0. The van der Waals surface area contributed by atoms with E-state index in [4.69, 9.17) is 40.6 Å². The van der Waals surface area contributed by atoms with Crippen molar-refractivity contribution in [2.45, 2.75) is 50.9 Å². The van der Waals surface area contributed by atoms with Gasteiger partial charge in [-0.2, -0.15) is 4.52 Å². The summed E-state index contributed by atoms with van der Waals surface area (Å²) in [6.07, 6.45) is 3.69. The van der Waals surface area contributed by atoms with E-state index in [-0.39, 0.29) is 5.92 Å². The molecule has 1 unspecified atom stereocenters. The van der Waals surface area contributed by atoms with Crippen LogP contribution in [0.5, 0.6) is 11.5 Å². The zero-order valence-corrected chi connectivity index (χ0v) is 19.8. The molecule has 1 N–H and O–H groups in total. The summed E-state index contributed by atoms with van der Waals surface area (Å²) in [5.41, 5.74) is 2.44. The van der Waals surface area contributed by atoms with E-state index in [0.717, 1.165) is 54.1 Å². The molecule has 176 valence electrons. The fourth-order valence-corrected chi connectivity index (χ4v) is 4.84. The van der Waals surface area contributed by atoms with Crippen LogP contribution in [0.15, 0.2) is 18.2 Å². The number of hydrogen-bond donors (Lipinski definition) is 1. The number of nitrogens with zero attached hydrogens (tertiary/aromatic N) is 4. The van der Waals surface area contributed by atoms with E-state index < -0.39 is 5.79 Å². The van der Waals surface area contributed by atoms with E-state index in [9.17, 15) is 0 Å². The smallest absolute Gasteiger partial charge is 0.227 e. The molecule has 1 aliphatic heterocycles. The molecule has 5 rings (SSSR count). The predicted octanol–water partition coefficient (Wildman–Crippen LogP) is 4.12. The number of nitrogens with one attached hydrogen (secondary N) is 1. The molecule has 3 aromatic rings. The van der Waals surface area contributed by atoms with Crippen molar-refractivity contribution in [3.63, 3.8) is 0 Å². The van der Waals surface area contributed by atoms with Crippen molar-refractivity contribution < 1.29 is 18.9 Å². The summed E-state index contributed by atoms with van der Waals surface area (Å²) in [4.78, 5) is 9.39. The lowest BCUT2D eigenvalue weighted by molar-refractivity contribution is -0.180. The Morgan fingerprint density at radius 2 is 2.03 bits per heavy atom. The van der Waals surface area contributed by atoms with Gasteiger partial charge in [0.15, 0.2) is 17.3 Å². The average molecular weight is 474 g/mol. The highest BCUT2D eigenvalue weighted by molar-refractivity contribution is 6.30. The van der Waals surface area contributed by atoms with Crippen LogP contribution < -0.4 is 14.8 Å². The Morgan fingerprint density at radius 3 is 2.79 bits per heavy atom. The summed E-state index contributed by atoms with van der Waals surface area (Å²) < 4.78 is 24.4. The summed E-state index contributed by atoms with van der Waals surface area (Å²) in [5, 5.41) is 8.57. The molecule has 1 atom stereocenters. The van der Waals surface area contributed by atoms with E-state index >= 15 is 0 Å². The Hall–Kier alpha value is -2.62. The highest BCUT2D eigenvalue weighted by atomic mass is 35.5. The van der Waals surface area contributed by atoms with E-state index in [1.54, 1.807) is 18.7 Å². The quantitative estimate of drug-likeness (QED) is 0.534. The van der Waals surface area contributed by atoms with E-state index in [0.29, 0.717) is 36.5 Å². The van der Waals surface area contributed by atoms with Crippen molar-refractivity contribution in [1.82, 2.24) is 19.6 Å². The van der Waals surface area contributed by atoms with Gasteiger partial charge in [-0.1, -0.05) is 11.6 Å². The molecule has 1 saturated heterocycles. The topological polar surface area (TPSA) is 92.0 Å². The molecule has 10 heteroatoms. The minimum Gasteiger partial charge on any atom is -0.497 e. The summed E-state index contributed by atoms with van der Waals surface area (Å²) >= 11 is 6.45. The van der Waals surface area contributed by atoms with Crippen molar-refractivity contribution in [2.24, 2.45) is 0 Å². The van der Waals surface area contributed by atoms with Crippen LogP contribution in [0, 0.1) is 6.92 Å². The third-order valence-electron chi connectivity index (χ3n) is 6.45. The Morgan fingerprint density at radius 1 is 1.21 bits per heavy atom. The zero-order chi connectivity index (χ0) is 23.0. The van der Waals surface area contributed by atoms with Gasteiger partial charge in [-0.15, -0.1) is 5.10 Å². The summed E-state index contributed by atoms with van der Waals surface area (Å²) in [6, 6.07) is 5.69. The molecule has 2 aliphatic rings. The second kappa shape index (κ2) is 8.96. The molecule has 1 saturated carbocycles. The molecule has 1 aromatic carbocycles. The molecule has 33 heavy (non-hydrogen) atoms. The standard InChI is InChI=1S/C23H28ClN5O4/c1-14-19(24)26-22(25-13-16-6-7-17(30-2)11-18(16)31-3)29-21(14)27-20(28-29)15-5-4-8-23(12-15)32-9-10-33-23/h6-7,11,15H,4-5,8-10,12-13H2,1-3H3,(H,25,26). The monoisotopic (exact) mass is 473 g/mol. The van der Waals surface area contributed by atoms with Crippen LogP contribution in [0.2, 0.25) is 5.15 Å². The van der Waals surface area contributed by atoms with Crippen molar-refractivity contribution in [3.05, 3.63) is 40.3 Å². The summed E-state index contributed by atoms with van der Waals surface area (Å²) in [6.45, 7) is 3.67. The number of ether oxygens (including phenoxy) is 4. The first kappa shape index (κ1) is 22.2. The number of anilines is 1.